The molecular formula is C26H23ClN6O2. The number of benzene rings is 1. The first kappa shape index (κ1) is 22.6. The van der Waals surface area contributed by atoms with Crippen LogP contribution in [0, 0.1) is 0 Å². The quantitative estimate of drug-likeness (QED) is 0.407. The summed E-state index contributed by atoms with van der Waals surface area (Å²) in [5, 5.41) is 3.16. The van der Waals surface area contributed by atoms with E-state index in [9.17, 15) is 9.59 Å². The third-order valence-electron chi connectivity index (χ3n) is 6.27. The highest BCUT2D eigenvalue weighted by molar-refractivity contribution is 6.33. The van der Waals surface area contributed by atoms with Gasteiger partial charge in [0.25, 0.3) is 5.91 Å². The molecule has 4 aromatic rings. The summed E-state index contributed by atoms with van der Waals surface area (Å²) in [5.74, 6) is 0.553. The van der Waals surface area contributed by atoms with Crippen molar-refractivity contribution in [3.05, 3.63) is 89.7 Å². The van der Waals surface area contributed by atoms with Crippen LogP contribution in [0.15, 0.2) is 73.6 Å². The van der Waals surface area contributed by atoms with Crippen molar-refractivity contribution in [3.8, 4) is 11.3 Å². The zero-order chi connectivity index (χ0) is 24.5. The topological polar surface area (TPSA) is 106 Å². The van der Waals surface area contributed by atoms with Gasteiger partial charge in [-0.05, 0) is 54.5 Å². The fourth-order valence-electron chi connectivity index (χ4n) is 4.56. The van der Waals surface area contributed by atoms with E-state index in [0.29, 0.717) is 35.4 Å². The summed E-state index contributed by atoms with van der Waals surface area (Å²) in [5.41, 5.74) is 10.2. The molecule has 176 valence electrons. The Morgan fingerprint density at radius 3 is 2.74 bits per heavy atom. The summed E-state index contributed by atoms with van der Waals surface area (Å²) in [4.78, 5) is 35.0. The van der Waals surface area contributed by atoms with Crippen molar-refractivity contribution in [1.29, 1.82) is 0 Å². The predicted molar refractivity (Wildman–Crippen MR) is 136 cm³/mol. The van der Waals surface area contributed by atoms with Gasteiger partial charge in [-0.25, -0.2) is 9.97 Å². The minimum absolute atomic E-state index is 0.0694. The molecule has 1 aliphatic rings. The number of hydrogen-bond acceptors (Lipinski definition) is 5. The van der Waals surface area contributed by atoms with Crippen molar-refractivity contribution in [2.45, 2.75) is 12.3 Å². The standard InChI is InChI=1S/C26H23ClN6O2/c1-2-24(34)32-12-9-17(15-32)19-14-22(33-21(19)8-11-30-26(33)28)18-7-6-16(13-20(18)27)25(35)31-23-5-3-4-10-29-23/h2-8,10-11,13-14,17H,1,9,12,15H2,(H2,28,30)(H,29,31,35). The number of anilines is 2. The van der Waals surface area contributed by atoms with E-state index < -0.39 is 0 Å². The first-order valence-corrected chi connectivity index (χ1v) is 11.5. The fraction of sp³-hybridized carbons (Fsp3) is 0.154. The van der Waals surface area contributed by atoms with Gasteiger partial charge in [0.15, 0.2) is 0 Å². The Morgan fingerprint density at radius 1 is 1.14 bits per heavy atom. The largest absolute Gasteiger partial charge is 0.369 e. The Labute approximate surface area is 207 Å². The average molecular weight is 487 g/mol. The van der Waals surface area contributed by atoms with Crippen LogP contribution >= 0.6 is 11.6 Å². The monoisotopic (exact) mass is 486 g/mol. The molecule has 3 N–H and O–H groups in total. The van der Waals surface area contributed by atoms with Crippen molar-refractivity contribution in [2.24, 2.45) is 0 Å². The number of likely N-dealkylation sites (tertiary alicyclic amines) is 1. The van der Waals surface area contributed by atoms with Crippen LogP contribution in [0.1, 0.15) is 28.3 Å². The van der Waals surface area contributed by atoms with Gasteiger partial charge in [-0.2, -0.15) is 0 Å². The van der Waals surface area contributed by atoms with E-state index in [4.69, 9.17) is 17.3 Å². The van der Waals surface area contributed by atoms with E-state index in [1.165, 1.54) is 6.08 Å². The van der Waals surface area contributed by atoms with E-state index in [1.54, 1.807) is 53.7 Å². The van der Waals surface area contributed by atoms with Crippen molar-refractivity contribution in [2.75, 3.05) is 24.1 Å². The molecule has 4 heterocycles. The molecule has 1 aromatic carbocycles. The Kier molecular flexibility index (Phi) is 5.96. The van der Waals surface area contributed by atoms with Crippen molar-refractivity contribution >= 4 is 40.7 Å². The Hall–Kier alpha value is -4.17. The van der Waals surface area contributed by atoms with Crippen LogP contribution in [0.2, 0.25) is 5.02 Å². The average Bonchev–Trinajstić information content (AvgIpc) is 3.50. The number of fused-ring (bicyclic) bond motifs is 1. The molecule has 35 heavy (non-hydrogen) atoms. The van der Waals surface area contributed by atoms with Gasteiger partial charge in [-0.3, -0.25) is 14.0 Å². The molecule has 0 radical (unpaired) electrons. The molecular weight excluding hydrogens is 464 g/mol. The third kappa shape index (κ3) is 4.24. The molecule has 0 saturated carbocycles. The second-order valence-corrected chi connectivity index (χ2v) is 8.75. The van der Waals surface area contributed by atoms with Gasteiger partial charge >= 0.3 is 0 Å². The van der Waals surface area contributed by atoms with E-state index in [2.05, 4.69) is 27.9 Å². The fourth-order valence-corrected chi connectivity index (χ4v) is 4.84. The summed E-state index contributed by atoms with van der Waals surface area (Å²) in [6, 6.07) is 14.4. The number of pyridine rings is 1. The van der Waals surface area contributed by atoms with Crippen LogP contribution in [0.25, 0.3) is 16.8 Å². The lowest BCUT2D eigenvalue weighted by Crippen LogP contribution is -2.26. The smallest absolute Gasteiger partial charge is 0.256 e. The maximum absolute atomic E-state index is 12.7. The molecule has 1 unspecified atom stereocenters. The number of nitrogens with zero attached hydrogens (tertiary/aromatic N) is 4. The third-order valence-corrected chi connectivity index (χ3v) is 6.58. The molecule has 0 spiro atoms. The Balaban J connectivity index is 1.51. The molecule has 8 nitrogen and oxygen atoms in total. The van der Waals surface area contributed by atoms with E-state index in [1.807, 2.05) is 10.5 Å². The molecule has 1 fully saturated rings. The zero-order valence-electron chi connectivity index (χ0n) is 18.8. The van der Waals surface area contributed by atoms with Crippen LogP contribution in [-0.2, 0) is 4.79 Å². The second kappa shape index (κ2) is 9.23. The zero-order valence-corrected chi connectivity index (χ0v) is 19.6. The van der Waals surface area contributed by atoms with Gasteiger partial charge < -0.3 is 16.0 Å². The molecule has 5 rings (SSSR count). The van der Waals surface area contributed by atoms with E-state index in [0.717, 1.165) is 28.8 Å². The van der Waals surface area contributed by atoms with Crippen LogP contribution in [0.4, 0.5) is 11.8 Å². The molecule has 2 amide bonds. The SMILES string of the molecule is C=CC(=O)N1CCC(c2cc(-c3ccc(C(=O)Nc4ccccn4)cc3Cl)n3c(N)nccc23)C1. The van der Waals surface area contributed by atoms with Crippen LogP contribution in [0.5, 0.6) is 0 Å². The summed E-state index contributed by atoms with van der Waals surface area (Å²) in [6.45, 7) is 4.87. The number of carbonyl (C=O) groups is 2. The van der Waals surface area contributed by atoms with Crippen LogP contribution < -0.4 is 11.1 Å². The molecule has 1 atom stereocenters. The number of nitrogen functional groups attached to an aromatic ring is 1. The minimum atomic E-state index is -0.308. The second-order valence-electron chi connectivity index (χ2n) is 8.35. The first-order chi connectivity index (χ1) is 17.0. The first-order valence-electron chi connectivity index (χ1n) is 11.2. The van der Waals surface area contributed by atoms with Crippen molar-refractivity contribution < 1.29 is 9.59 Å². The number of nitrogens with one attached hydrogen (secondary N) is 1. The lowest BCUT2D eigenvalue weighted by atomic mass is 9.98. The van der Waals surface area contributed by atoms with Crippen LogP contribution in [0.3, 0.4) is 0 Å². The predicted octanol–water partition coefficient (Wildman–Crippen LogP) is 4.39. The number of hydrogen-bond donors (Lipinski definition) is 2. The number of amides is 2. The number of nitrogens with two attached hydrogens (primary N) is 1. The number of carbonyl (C=O) groups excluding carboxylic acids is 2. The Morgan fingerprint density at radius 2 is 2.00 bits per heavy atom. The number of rotatable bonds is 5. The molecule has 1 aliphatic heterocycles. The normalized spacial score (nSPS) is 15.3. The lowest BCUT2D eigenvalue weighted by molar-refractivity contribution is -0.125. The number of halogens is 1. The number of aromatic nitrogens is 3. The van der Waals surface area contributed by atoms with Crippen LogP contribution in [-0.4, -0.2) is 44.2 Å². The van der Waals surface area contributed by atoms with Gasteiger partial charge in [-0.15, -0.1) is 0 Å². The molecule has 3 aromatic heterocycles. The minimum Gasteiger partial charge on any atom is -0.369 e. The lowest BCUT2D eigenvalue weighted by Gasteiger charge is -2.14. The van der Waals surface area contributed by atoms with Gasteiger partial charge in [-0.1, -0.05) is 30.3 Å². The molecule has 0 bridgehead atoms. The maximum Gasteiger partial charge on any atom is 0.256 e. The van der Waals surface area contributed by atoms with E-state index >= 15 is 0 Å². The van der Waals surface area contributed by atoms with Gasteiger partial charge in [0, 0.05) is 42.5 Å². The highest BCUT2D eigenvalue weighted by Gasteiger charge is 2.29. The van der Waals surface area contributed by atoms with Crippen molar-refractivity contribution in [1.82, 2.24) is 19.3 Å². The maximum atomic E-state index is 12.7. The summed E-state index contributed by atoms with van der Waals surface area (Å²) >= 11 is 6.68. The van der Waals surface area contributed by atoms with Gasteiger partial charge in [0.1, 0.15) is 5.82 Å². The van der Waals surface area contributed by atoms with Gasteiger partial charge in [0.05, 0.1) is 16.2 Å². The molecule has 9 heteroatoms. The molecule has 1 saturated heterocycles. The van der Waals surface area contributed by atoms with Gasteiger partial charge in [0.2, 0.25) is 11.9 Å². The summed E-state index contributed by atoms with van der Waals surface area (Å²) in [6.07, 6.45) is 5.46. The highest BCUT2D eigenvalue weighted by Crippen LogP contribution is 2.38. The highest BCUT2D eigenvalue weighted by atomic mass is 35.5. The Bertz CT molecular complexity index is 1450. The molecule has 0 aliphatic carbocycles. The summed E-state index contributed by atoms with van der Waals surface area (Å²) < 4.78 is 1.86. The van der Waals surface area contributed by atoms with E-state index in [-0.39, 0.29) is 17.7 Å². The summed E-state index contributed by atoms with van der Waals surface area (Å²) in [7, 11) is 0. The van der Waals surface area contributed by atoms with Crippen molar-refractivity contribution in [3.63, 3.8) is 0 Å².